The molecule has 0 saturated carbocycles. The predicted molar refractivity (Wildman–Crippen MR) is 113 cm³/mol. The van der Waals surface area contributed by atoms with Crippen LogP contribution in [0.2, 0.25) is 5.02 Å². The predicted octanol–water partition coefficient (Wildman–Crippen LogP) is 5.65. The number of carbonyl (C=O) groups is 2. The molecule has 0 aliphatic carbocycles. The molecule has 7 heteroatoms. The smallest absolute Gasteiger partial charge is 0.339 e. The summed E-state index contributed by atoms with van der Waals surface area (Å²) in [6.07, 6.45) is -1.20. The monoisotopic (exact) mass is 423 g/mol. The largest absolute Gasteiger partial charge is 0.445 e. The molecule has 0 radical (unpaired) electrons. The number of halogens is 1. The van der Waals surface area contributed by atoms with Crippen LogP contribution >= 0.6 is 11.6 Å². The molecule has 3 aromatic carbocycles. The van der Waals surface area contributed by atoms with Gasteiger partial charge < -0.3 is 4.74 Å². The highest BCUT2D eigenvalue weighted by Crippen LogP contribution is 2.28. The van der Waals surface area contributed by atoms with Crippen LogP contribution in [0.3, 0.4) is 0 Å². The van der Waals surface area contributed by atoms with Crippen molar-refractivity contribution in [2.75, 3.05) is 0 Å². The van der Waals surface area contributed by atoms with Crippen LogP contribution in [0.1, 0.15) is 43.5 Å². The molecular formula is C23H18ClNO5. The normalized spacial score (nSPS) is 11.6. The number of rotatable bonds is 6. The summed E-state index contributed by atoms with van der Waals surface area (Å²) in [4.78, 5) is 36.4. The van der Waals surface area contributed by atoms with Gasteiger partial charge in [-0.1, -0.05) is 54.1 Å². The Morgan fingerprint density at radius 3 is 2.23 bits per heavy atom. The van der Waals surface area contributed by atoms with Crippen LogP contribution in [-0.4, -0.2) is 16.7 Å². The first-order valence-electron chi connectivity index (χ1n) is 9.09. The van der Waals surface area contributed by atoms with E-state index < -0.39 is 22.7 Å². The Labute approximate surface area is 178 Å². The number of carbonyl (C=O) groups excluding carboxylic acids is 2. The quantitative estimate of drug-likeness (QED) is 0.221. The summed E-state index contributed by atoms with van der Waals surface area (Å²) in [5.74, 6) is -1.25. The average Bonchev–Trinajstić information content (AvgIpc) is 2.74. The van der Waals surface area contributed by atoms with Crippen molar-refractivity contribution in [3.8, 4) is 0 Å². The lowest BCUT2D eigenvalue weighted by Crippen LogP contribution is -2.20. The van der Waals surface area contributed by atoms with E-state index in [4.69, 9.17) is 16.3 Å². The zero-order valence-electron chi connectivity index (χ0n) is 16.3. The summed E-state index contributed by atoms with van der Waals surface area (Å²) < 4.78 is 5.53. The maximum atomic E-state index is 13.2. The van der Waals surface area contributed by atoms with Gasteiger partial charge in [0.1, 0.15) is 5.02 Å². The Bertz CT molecular complexity index is 1130. The minimum absolute atomic E-state index is 0.0695. The first kappa shape index (κ1) is 21.2. The van der Waals surface area contributed by atoms with Crippen molar-refractivity contribution in [3.63, 3.8) is 0 Å². The number of aryl methyl sites for hydroxylation is 2. The van der Waals surface area contributed by atoms with E-state index in [9.17, 15) is 19.7 Å². The molecule has 0 N–H and O–H groups in total. The van der Waals surface area contributed by atoms with E-state index in [0.29, 0.717) is 11.1 Å². The van der Waals surface area contributed by atoms with Crippen LogP contribution in [0.15, 0.2) is 66.7 Å². The molecule has 6 nitrogen and oxygen atoms in total. The Kier molecular flexibility index (Phi) is 6.28. The van der Waals surface area contributed by atoms with E-state index >= 15 is 0 Å². The fourth-order valence-electron chi connectivity index (χ4n) is 2.90. The maximum Gasteiger partial charge on any atom is 0.339 e. The lowest BCUT2D eigenvalue weighted by atomic mass is 9.97. The Morgan fingerprint density at radius 2 is 1.60 bits per heavy atom. The third-order valence-corrected chi connectivity index (χ3v) is 5.05. The number of nitro groups is 1. The highest BCUT2D eigenvalue weighted by atomic mass is 35.5. The lowest BCUT2D eigenvalue weighted by Gasteiger charge is -2.18. The van der Waals surface area contributed by atoms with Gasteiger partial charge in [0.15, 0.2) is 6.10 Å². The number of ketones is 1. The average molecular weight is 424 g/mol. The number of nitro benzene ring substituents is 1. The molecule has 0 fully saturated rings. The van der Waals surface area contributed by atoms with Crippen molar-refractivity contribution in [1.29, 1.82) is 0 Å². The molecule has 0 saturated heterocycles. The zero-order chi connectivity index (χ0) is 21.8. The highest BCUT2D eigenvalue weighted by molar-refractivity contribution is 6.32. The Hall–Kier alpha value is -3.51. The van der Waals surface area contributed by atoms with Crippen LogP contribution < -0.4 is 0 Å². The molecule has 0 unspecified atom stereocenters. The Balaban J connectivity index is 1.97. The van der Waals surface area contributed by atoms with Crippen molar-refractivity contribution in [1.82, 2.24) is 0 Å². The summed E-state index contributed by atoms with van der Waals surface area (Å²) in [7, 11) is 0. The number of hydrogen-bond donors (Lipinski definition) is 0. The molecule has 3 aromatic rings. The molecule has 0 aromatic heterocycles. The minimum atomic E-state index is -1.20. The van der Waals surface area contributed by atoms with Gasteiger partial charge in [0.05, 0.1) is 10.5 Å². The molecule has 0 bridgehead atoms. The van der Waals surface area contributed by atoms with E-state index in [1.807, 2.05) is 19.9 Å². The van der Waals surface area contributed by atoms with Crippen molar-refractivity contribution in [3.05, 3.63) is 110 Å². The summed E-state index contributed by atoms with van der Waals surface area (Å²) in [5, 5.41) is 11.0. The fraction of sp³-hybridized carbons (Fsp3) is 0.130. The van der Waals surface area contributed by atoms with Gasteiger partial charge in [-0.25, -0.2) is 4.79 Å². The first-order valence-corrected chi connectivity index (χ1v) is 9.47. The van der Waals surface area contributed by atoms with E-state index in [2.05, 4.69) is 0 Å². The summed E-state index contributed by atoms with van der Waals surface area (Å²) in [6, 6.07) is 17.5. The van der Waals surface area contributed by atoms with Gasteiger partial charge in [-0.05, 0) is 43.2 Å². The van der Waals surface area contributed by atoms with Crippen LogP contribution in [0.25, 0.3) is 0 Å². The van der Waals surface area contributed by atoms with Gasteiger partial charge in [-0.2, -0.15) is 0 Å². The van der Waals surface area contributed by atoms with E-state index in [1.165, 1.54) is 12.1 Å². The van der Waals surface area contributed by atoms with Gasteiger partial charge in [0.25, 0.3) is 5.69 Å². The molecule has 0 heterocycles. The molecular weight excluding hydrogens is 406 g/mol. The summed E-state index contributed by atoms with van der Waals surface area (Å²) in [5.41, 5.74) is 2.39. The maximum absolute atomic E-state index is 13.2. The summed E-state index contributed by atoms with van der Waals surface area (Å²) >= 11 is 5.81. The van der Waals surface area contributed by atoms with Gasteiger partial charge in [0.2, 0.25) is 5.78 Å². The number of hydrogen-bond acceptors (Lipinski definition) is 5. The number of Topliss-reactive ketones (excluding diaryl/α,β-unsaturated/α-hetero) is 1. The lowest BCUT2D eigenvalue weighted by molar-refractivity contribution is -0.384. The zero-order valence-corrected chi connectivity index (χ0v) is 17.1. The second kappa shape index (κ2) is 8.88. The molecule has 30 heavy (non-hydrogen) atoms. The number of ether oxygens (including phenoxy) is 1. The van der Waals surface area contributed by atoms with Crippen LogP contribution in [0.5, 0.6) is 0 Å². The van der Waals surface area contributed by atoms with Crippen molar-refractivity contribution >= 4 is 29.0 Å². The fourth-order valence-corrected chi connectivity index (χ4v) is 3.09. The van der Waals surface area contributed by atoms with Gasteiger partial charge in [0, 0.05) is 17.2 Å². The van der Waals surface area contributed by atoms with Gasteiger partial charge in [-0.3, -0.25) is 14.9 Å². The van der Waals surface area contributed by atoms with Crippen LogP contribution in [0.4, 0.5) is 5.69 Å². The Morgan fingerprint density at radius 1 is 0.933 bits per heavy atom. The number of benzene rings is 3. The molecule has 0 aliphatic heterocycles. The van der Waals surface area contributed by atoms with Crippen molar-refractivity contribution in [2.24, 2.45) is 0 Å². The molecule has 0 amide bonds. The summed E-state index contributed by atoms with van der Waals surface area (Å²) in [6.45, 7) is 3.83. The highest BCUT2D eigenvalue weighted by Gasteiger charge is 2.28. The second-order valence-corrected chi connectivity index (χ2v) is 7.19. The van der Waals surface area contributed by atoms with Crippen LogP contribution in [0, 0.1) is 24.0 Å². The molecule has 152 valence electrons. The minimum Gasteiger partial charge on any atom is -0.445 e. The van der Waals surface area contributed by atoms with Crippen LogP contribution in [-0.2, 0) is 4.74 Å². The molecule has 0 aliphatic rings. The SMILES string of the molecule is Cc1ccc(C(=O)[C@H](OC(=O)c2ccc(Cl)c([N+](=O)[O-])c2)c2ccccc2)cc1C. The second-order valence-electron chi connectivity index (χ2n) is 6.78. The van der Waals surface area contributed by atoms with Crippen molar-refractivity contribution < 1.29 is 19.2 Å². The topological polar surface area (TPSA) is 86.5 Å². The third kappa shape index (κ3) is 4.55. The number of nitrogens with zero attached hydrogens (tertiary/aromatic N) is 1. The number of esters is 1. The van der Waals surface area contributed by atoms with Gasteiger partial charge >= 0.3 is 5.97 Å². The molecule has 3 rings (SSSR count). The van der Waals surface area contributed by atoms with E-state index in [-0.39, 0.29) is 16.4 Å². The van der Waals surface area contributed by atoms with Gasteiger partial charge in [-0.15, -0.1) is 0 Å². The first-order chi connectivity index (χ1) is 14.3. The van der Waals surface area contributed by atoms with Crippen molar-refractivity contribution in [2.45, 2.75) is 20.0 Å². The molecule has 0 spiro atoms. The molecule has 1 atom stereocenters. The van der Waals surface area contributed by atoms with E-state index in [1.54, 1.807) is 42.5 Å². The van der Waals surface area contributed by atoms with E-state index in [0.717, 1.165) is 17.2 Å². The standard InChI is InChI=1S/C23H18ClNO5/c1-14-8-9-17(12-15(14)2)21(26)22(16-6-4-3-5-7-16)30-23(27)18-10-11-19(24)20(13-18)25(28)29/h3-13,22H,1-2H3/t22-/m1/s1. The third-order valence-electron chi connectivity index (χ3n) is 4.74.